The standard InChI is InChI=1S/C21H19ClN5O/c1-12-16(22)9-15(19(28-3)17(12)14-7-5-4-6-8-14)13(2)27-21-18-20(24-10-23-18)25-11-26-21/h5-11,13H,1-3H3,(H2,23,24,25,26,27). The summed E-state index contributed by atoms with van der Waals surface area (Å²) >= 11 is 6.59. The summed E-state index contributed by atoms with van der Waals surface area (Å²) in [7, 11) is 1.67. The quantitative estimate of drug-likeness (QED) is 0.501. The fourth-order valence-corrected chi connectivity index (χ4v) is 3.55. The summed E-state index contributed by atoms with van der Waals surface area (Å²) < 4.78 is 5.83. The molecule has 4 rings (SSSR count). The van der Waals surface area contributed by atoms with Crippen molar-refractivity contribution in [1.82, 2.24) is 19.9 Å². The molecule has 0 amide bonds. The second-order valence-corrected chi connectivity index (χ2v) is 6.86. The van der Waals surface area contributed by atoms with Crippen LogP contribution in [-0.2, 0) is 0 Å². The molecule has 0 saturated carbocycles. The van der Waals surface area contributed by atoms with Crippen LogP contribution in [0.25, 0.3) is 22.3 Å². The maximum atomic E-state index is 6.59. The number of halogens is 1. The lowest BCUT2D eigenvalue weighted by Crippen LogP contribution is -2.11. The topological polar surface area (TPSA) is 75.7 Å². The molecule has 0 aliphatic heterocycles. The van der Waals surface area contributed by atoms with Crippen LogP contribution in [0.5, 0.6) is 5.75 Å². The second kappa shape index (κ2) is 7.48. The van der Waals surface area contributed by atoms with E-state index in [0.717, 1.165) is 28.0 Å². The molecule has 1 radical (unpaired) electrons. The van der Waals surface area contributed by atoms with Gasteiger partial charge in [0.15, 0.2) is 11.5 Å². The van der Waals surface area contributed by atoms with Gasteiger partial charge in [0.1, 0.15) is 17.6 Å². The highest BCUT2D eigenvalue weighted by Gasteiger charge is 2.21. The SMILES string of the molecule is COc1c(C(C)Nc2ncnc3[nH]cnc23)cc(Cl)c(C)c1-c1cc[c]cc1. The predicted octanol–water partition coefficient (Wildman–Crippen LogP) is 4.96. The largest absolute Gasteiger partial charge is 0.496 e. The summed E-state index contributed by atoms with van der Waals surface area (Å²) in [5.74, 6) is 1.42. The fourth-order valence-electron chi connectivity index (χ4n) is 3.34. The Morgan fingerprint density at radius 1 is 1.21 bits per heavy atom. The summed E-state index contributed by atoms with van der Waals surface area (Å²) in [6.45, 7) is 4.03. The van der Waals surface area contributed by atoms with Gasteiger partial charge in [-0.05, 0) is 37.1 Å². The van der Waals surface area contributed by atoms with E-state index in [1.54, 1.807) is 13.4 Å². The number of hydrogen-bond acceptors (Lipinski definition) is 5. The highest BCUT2D eigenvalue weighted by Crippen LogP contribution is 2.42. The van der Waals surface area contributed by atoms with Crippen molar-refractivity contribution in [2.45, 2.75) is 19.9 Å². The molecule has 2 N–H and O–H groups in total. The van der Waals surface area contributed by atoms with Crippen molar-refractivity contribution in [3.05, 3.63) is 65.2 Å². The summed E-state index contributed by atoms with van der Waals surface area (Å²) in [5.41, 5.74) is 5.27. The lowest BCUT2D eigenvalue weighted by Gasteiger charge is -2.22. The average Bonchev–Trinajstić information content (AvgIpc) is 3.20. The van der Waals surface area contributed by atoms with Crippen LogP contribution in [0.2, 0.25) is 5.02 Å². The van der Waals surface area contributed by atoms with E-state index in [2.05, 4.69) is 31.3 Å². The number of nitrogens with zero attached hydrogens (tertiary/aromatic N) is 3. The molecule has 0 bridgehead atoms. The van der Waals surface area contributed by atoms with Crippen molar-refractivity contribution >= 4 is 28.6 Å². The zero-order chi connectivity index (χ0) is 19.7. The average molecular weight is 393 g/mol. The molecule has 1 unspecified atom stereocenters. The first-order chi connectivity index (χ1) is 13.6. The van der Waals surface area contributed by atoms with Gasteiger partial charge in [0.2, 0.25) is 0 Å². The van der Waals surface area contributed by atoms with E-state index in [4.69, 9.17) is 16.3 Å². The molecule has 28 heavy (non-hydrogen) atoms. The van der Waals surface area contributed by atoms with E-state index in [-0.39, 0.29) is 6.04 Å². The molecule has 0 saturated heterocycles. The number of benzene rings is 2. The highest BCUT2D eigenvalue weighted by molar-refractivity contribution is 6.32. The van der Waals surface area contributed by atoms with Crippen LogP contribution in [0.15, 0.2) is 43.0 Å². The van der Waals surface area contributed by atoms with Crippen LogP contribution < -0.4 is 10.1 Å². The maximum Gasteiger partial charge on any atom is 0.162 e. The van der Waals surface area contributed by atoms with E-state index in [9.17, 15) is 0 Å². The minimum Gasteiger partial charge on any atom is -0.496 e. The van der Waals surface area contributed by atoms with Crippen LogP contribution >= 0.6 is 11.6 Å². The number of nitrogens with one attached hydrogen (secondary N) is 2. The molecule has 7 heteroatoms. The maximum absolute atomic E-state index is 6.59. The monoisotopic (exact) mass is 392 g/mol. The molecule has 2 aromatic carbocycles. The number of hydrogen-bond donors (Lipinski definition) is 2. The number of ether oxygens (including phenoxy) is 1. The minimum atomic E-state index is -0.128. The molecular formula is C21H19ClN5O. The Bertz CT molecular complexity index is 1130. The van der Waals surface area contributed by atoms with Gasteiger partial charge in [-0.1, -0.05) is 35.9 Å². The molecular weight excluding hydrogens is 374 g/mol. The second-order valence-electron chi connectivity index (χ2n) is 6.46. The van der Waals surface area contributed by atoms with Crippen molar-refractivity contribution in [2.75, 3.05) is 12.4 Å². The molecule has 2 heterocycles. The van der Waals surface area contributed by atoms with Crippen LogP contribution in [0.1, 0.15) is 24.1 Å². The predicted molar refractivity (Wildman–Crippen MR) is 111 cm³/mol. The number of methoxy groups -OCH3 is 1. The van der Waals surface area contributed by atoms with Gasteiger partial charge in [-0.3, -0.25) is 0 Å². The Labute approximate surface area is 168 Å². The van der Waals surface area contributed by atoms with Gasteiger partial charge < -0.3 is 15.0 Å². The Kier molecular flexibility index (Phi) is 4.88. The molecule has 2 aromatic heterocycles. The van der Waals surface area contributed by atoms with Gasteiger partial charge in [-0.2, -0.15) is 0 Å². The third-order valence-electron chi connectivity index (χ3n) is 4.75. The zero-order valence-electron chi connectivity index (χ0n) is 15.7. The number of H-pyrrole nitrogens is 1. The molecule has 1 atom stereocenters. The van der Waals surface area contributed by atoms with Gasteiger partial charge in [0, 0.05) is 16.1 Å². The van der Waals surface area contributed by atoms with Crippen LogP contribution in [0, 0.1) is 13.0 Å². The van der Waals surface area contributed by atoms with Crippen molar-refractivity contribution in [1.29, 1.82) is 0 Å². The number of aromatic nitrogens is 4. The Hall–Kier alpha value is -3.12. The molecule has 0 fully saturated rings. The summed E-state index contributed by atoms with van der Waals surface area (Å²) in [6.07, 6.45) is 3.10. The van der Waals surface area contributed by atoms with Gasteiger partial charge in [0.05, 0.1) is 19.5 Å². The first-order valence-corrected chi connectivity index (χ1v) is 9.22. The molecule has 4 aromatic rings. The summed E-state index contributed by atoms with van der Waals surface area (Å²) in [6, 6.07) is 12.6. The highest BCUT2D eigenvalue weighted by atomic mass is 35.5. The number of fused-ring (bicyclic) bond motifs is 1. The van der Waals surface area contributed by atoms with Crippen molar-refractivity contribution < 1.29 is 4.74 Å². The molecule has 0 aliphatic rings. The molecule has 141 valence electrons. The Morgan fingerprint density at radius 3 is 2.75 bits per heavy atom. The van der Waals surface area contributed by atoms with Crippen molar-refractivity contribution in [3.8, 4) is 16.9 Å². The number of anilines is 1. The summed E-state index contributed by atoms with van der Waals surface area (Å²) in [5, 5.41) is 4.09. The number of aromatic amines is 1. The molecule has 0 spiro atoms. The van der Waals surface area contributed by atoms with E-state index < -0.39 is 0 Å². The zero-order valence-corrected chi connectivity index (χ0v) is 16.5. The Morgan fingerprint density at radius 2 is 2.00 bits per heavy atom. The lowest BCUT2D eigenvalue weighted by atomic mass is 9.94. The first-order valence-electron chi connectivity index (χ1n) is 8.84. The summed E-state index contributed by atoms with van der Waals surface area (Å²) in [4.78, 5) is 15.8. The van der Waals surface area contributed by atoms with E-state index >= 15 is 0 Å². The molecule has 0 aliphatic carbocycles. The molecule has 6 nitrogen and oxygen atoms in total. The number of imidazole rings is 1. The van der Waals surface area contributed by atoms with E-state index in [1.807, 2.05) is 44.2 Å². The normalized spacial score (nSPS) is 12.1. The number of rotatable bonds is 5. The van der Waals surface area contributed by atoms with Gasteiger partial charge >= 0.3 is 0 Å². The van der Waals surface area contributed by atoms with Gasteiger partial charge in [-0.15, -0.1) is 0 Å². The van der Waals surface area contributed by atoms with Gasteiger partial charge in [-0.25, -0.2) is 15.0 Å². The minimum absolute atomic E-state index is 0.128. The third-order valence-corrected chi connectivity index (χ3v) is 5.15. The van der Waals surface area contributed by atoms with E-state index in [0.29, 0.717) is 22.0 Å². The van der Waals surface area contributed by atoms with E-state index in [1.165, 1.54) is 6.33 Å². The first kappa shape index (κ1) is 18.3. The Balaban J connectivity index is 1.81. The smallest absolute Gasteiger partial charge is 0.162 e. The fraction of sp³-hybridized carbons (Fsp3) is 0.190. The lowest BCUT2D eigenvalue weighted by molar-refractivity contribution is 0.409. The van der Waals surface area contributed by atoms with Crippen LogP contribution in [0.3, 0.4) is 0 Å². The third kappa shape index (κ3) is 3.16. The van der Waals surface area contributed by atoms with Gasteiger partial charge in [0.25, 0.3) is 0 Å². The van der Waals surface area contributed by atoms with Crippen LogP contribution in [0.4, 0.5) is 5.82 Å². The van der Waals surface area contributed by atoms with Crippen molar-refractivity contribution in [2.24, 2.45) is 0 Å². The van der Waals surface area contributed by atoms with Crippen LogP contribution in [-0.4, -0.2) is 27.0 Å². The van der Waals surface area contributed by atoms with Crippen molar-refractivity contribution in [3.63, 3.8) is 0 Å².